The fourth-order valence-electron chi connectivity index (χ4n) is 2.73. The van der Waals surface area contributed by atoms with E-state index in [0.29, 0.717) is 19.3 Å². The van der Waals surface area contributed by atoms with E-state index in [1.165, 1.54) is 4.70 Å². The van der Waals surface area contributed by atoms with E-state index < -0.39 is 5.97 Å². The molecule has 104 valence electrons. The van der Waals surface area contributed by atoms with Crippen LogP contribution in [0.2, 0.25) is 0 Å². The number of anilines is 1. The van der Waals surface area contributed by atoms with Gasteiger partial charge in [0, 0.05) is 16.3 Å². The second-order valence-electron chi connectivity index (χ2n) is 5.21. The minimum Gasteiger partial charge on any atom is -0.481 e. The number of nitrogens with one attached hydrogen (secondary N) is 1. The molecule has 2 N–H and O–H groups in total. The third kappa shape index (κ3) is 2.54. The molecule has 0 unspecified atom stereocenters. The van der Waals surface area contributed by atoms with Gasteiger partial charge in [0.2, 0.25) is 5.91 Å². The maximum absolute atomic E-state index is 12.2. The summed E-state index contributed by atoms with van der Waals surface area (Å²) in [5.41, 5.74) is 0.777. The maximum atomic E-state index is 12.2. The lowest BCUT2D eigenvalue weighted by atomic mass is 10.0. The normalized spacial score (nSPS) is 22.0. The van der Waals surface area contributed by atoms with Crippen molar-refractivity contribution in [3.63, 3.8) is 0 Å². The molecule has 1 aliphatic rings. The van der Waals surface area contributed by atoms with E-state index in [4.69, 9.17) is 5.11 Å². The van der Waals surface area contributed by atoms with Crippen molar-refractivity contribution in [3.8, 4) is 0 Å². The van der Waals surface area contributed by atoms with Gasteiger partial charge in [0.15, 0.2) is 0 Å². The van der Waals surface area contributed by atoms with Gasteiger partial charge in [-0.1, -0.05) is 0 Å². The lowest BCUT2D eigenvalue weighted by Crippen LogP contribution is -2.21. The molecule has 0 aliphatic heterocycles. The number of thiophene rings is 1. The van der Waals surface area contributed by atoms with Crippen LogP contribution in [0.5, 0.6) is 0 Å². The van der Waals surface area contributed by atoms with Gasteiger partial charge in [0.25, 0.3) is 0 Å². The Bertz CT molecular complexity index is 664. The van der Waals surface area contributed by atoms with E-state index in [1.807, 2.05) is 29.6 Å². The monoisotopic (exact) mass is 289 g/mol. The molecule has 1 amide bonds. The van der Waals surface area contributed by atoms with Gasteiger partial charge in [-0.3, -0.25) is 9.59 Å². The van der Waals surface area contributed by atoms with Crippen LogP contribution in [0, 0.1) is 11.8 Å². The molecule has 0 bridgehead atoms. The molecule has 1 saturated carbocycles. The summed E-state index contributed by atoms with van der Waals surface area (Å²) >= 11 is 1.67. The van der Waals surface area contributed by atoms with Gasteiger partial charge in [0.1, 0.15) is 0 Å². The van der Waals surface area contributed by atoms with Crippen LogP contribution in [0.4, 0.5) is 5.69 Å². The first-order chi connectivity index (χ1) is 9.63. The number of benzene rings is 1. The van der Waals surface area contributed by atoms with Gasteiger partial charge >= 0.3 is 5.97 Å². The van der Waals surface area contributed by atoms with E-state index >= 15 is 0 Å². The summed E-state index contributed by atoms with van der Waals surface area (Å²) < 4.78 is 1.19. The Morgan fingerprint density at radius 2 is 2.00 bits per heavy atom. The van der Waals surface area contributed by atoms with Crippen LogP contribution >= 0.6 is 11.3 Å². The fraction of sp³-hybridized carbons (Fsp3) is 0.333. The number of hydrogen-bond donors (Lipinski definition) is 2. The van der Waals surface area contributed by atoms with Crippen molar-refractivity contribution in [2.75, 3.05) is 5.32 Å². The summed E-state index contributed by atoms with van der Waals surface area (Å²) in [5.74, 6) is -1.41. The molecule has 3 rings (SSSR count). The minimum absolute atomic E-state index is 0.0664. The number of carbonyl (C=O) groups excluding carboxylic acids is 1. The topological polar surface area (TPSA) is 66.4 Å². The molecule has 1 aliphatic carbocycles. The Morgan fingerprint density at radius 3 is 2.75 bits per heavy atom. The fourth-order valence-corrected chi connectivity index (χ4v) is 3.50. The average Bonchev–Trinajstić information content (AvgIpc) is 3.07. The van der Waals surface area contributed by atoms with Crippen molar-refractivity contribution < 1.29 is 14.7 Å². The molecule has 20 heavy (non-hydrogen) atoms. The zero-order valence-electron chi connectivity index (χ0n) is 10.8. The highest BCUT2D eigenvalue weighted by Gasteiger charge is 2.33. The number of hydrogen-bond acceptors (Lipinski definition) is 3. The molecule has 2 atom stereocenters. The summed E-state index contributed by atoms with van der Waals surface area (Å²) in [4.78, 5) is 23.1. The van der Waals surface area contributed by atoms with Crippen molar-refractivity contribution in [3.05, 3.63) is 29.6 Å². The largest absolute Gasteiger partial charge is 0.481 e. The van der Waals surface area contributed by atoms with Crippen molar-refractivity contribution >= 4 is 39.0 Å². The Balaban J connectivity index is 1.68. The van der Waals surface area contributed by atoms with Gasteiger partial charge in [-0.25, -0.2) is 0 Å². The molecule has 0 saturated heterocycles. The number of fused-ring (bicyclic) bond motifs is 1. The van der Waals surface area contributed by atoms with E-state index in [-0.39, 0.29) is 17.7 Å². The molecular weight excluding hydrogens is 274 g/mol. The molecular formula is C15H15NO3S. The second-order valence-corrected chi connectivity index (χ2v) is 6.16. The van der Waals surface area contributed by atoms with Gasteiger partial charge < -0.3 is 10.4 Å². The molecule has 1 aromatic carbocycles. The van der Waals surface area contributed by atoms with Gasteiger partial charge in [-0.15, -0.1) is 11.3 Å². The number of amides is 1. The first kappa shape index (κ1) is 13.1. The number of rotatable bonds is 3. The van der Waals surface area contributed by atoms with Crippen LogP contribution < -0.4 is 5.32 Å². The third-order valence-electron chi connectivity index (χ3n) is 3.87. The van der Waals surface area contributed by atoms with E-state index in [2.05, 4.69) is 5.32 Å². The maximum Gasteiger partial charge on any atom is 0.306 e. The van der Waals surface area contributed by atoms with Crippen LogP contribution in [0.3, 0.4) is 0 Å². The third-order valence-corrected chi connectivity index (χ3v) is 4.77. The van der Waals surface area contributed by atoms with Crippen molar-refractivity contribution in [2.24, 2.45) is 11.8 Å². The zero-order chi connectivity index (χ0) is 14.1. The minimum atomic E-state index is -0.792. The van der Waals surface area contributed by atoms with Crippen LogP contribution in [-0.4, -0.2) is 17.0 Å². The van der Waals surface area contributed by atoms with Crippen LogP contribution in [0.25, 0.3) is 10.1 Å². The van der Waals surface area contributed by atoms with Crippen molar-refractivity contribution in [1.82, 2.24) is 0 Å². The Hall–Kier alpha value is -1.88. The number of aliphatic carboxylic acids is 1. The van der Waals surface area contributed by atoms with Gasteiger partial charge in [-0.2, -0.15) is 0 Å². The van der Waals surface area contributed by atoms with Gasteiger partial charge in [-0.05, 0) is 54.3 Å². The standard InChI is InChI=1S/C15H15NO3S/c17-14(10-1-2-11(7-10)15(18)19)16-12-3-4-13-9(8-12)5-6-20-13/h3-6,8,10-11H,1-2,7H2,(H,16,17)(H,18,19)/t10-,11+/m1/s1. The molecule has 1 aromatic heterocycles. The Kier molecular flexibility index (Phi) is 3.44. The SMILES string of the molecule is O=C(O)[C@H]1CC[C@@H](C(=O)Nc2ccc3sccc3c2)C1. The smallest absolute Gasteiger partial charge is 0.306 e. The first-order valence-corrected chi connectivity index (χ1v) is 7.52. The number of carboxylic acid groups (broad SMARTS) is 1. The predicted molar refractivity (Wildman–Crippen MR) is 78.9 cm³/mol. The average molecular weight is 289 g/mol. The van der Waals surface area contributed by atoms with Crippen molar-refractivity contribution in [2.45, 2.75) is 19.3 Å². The summed E-state index contributed by atoms with van der Waals surface area (Å²) in [6.45, 7) is 0. The summed E-state index contributed by atoms with van der Waals surface area (Å²) in [5, 5.41) is 15.0. The summed E-state index contributed by atoms with van der Waals surface area (Å²) in [7, 11) is 0. The highest BCUT2D eigenvalue weighted by Crippen LogP contribution is 2.32. The molecule has 0 spiro atoms. The highest BCUT2D eigenvalue weighted by atomic mass is 32.1. The lowest BCUT2D eigenvalue weighted by Gasteiger charge is -2.11. The van der Waals surface area contributed by atoms with E-state index in [9.17, 15) is 9.59 Å². The summed E-state index contributed by atoms with van der Waals surface area (Å²) in [6.07, 6.45) is 1.70. The molecule has 0 radical (unpaired) electrons. The number of carbonyl (C=O) groups is 2. The van der Waals surface area contributed by atoms with Crippen LogP contribution in [0.15, 0.2) is 29.6 Å². The lowest BCUT2D eigenvalue weighted by molar-refractivity contribution is -0.141. The van der Waals surface area contributed by atoms with Crippen LogP contribution in [0.1, 0.15) is 19.3 Å². The molecule has 1 fully saturated rings. The van der Waals surface area contributed by atoms with Crippen molar-refractivity contribution in [1.29, 1.82) is 0 Å². The quantitative estimate of drug-likeness (QED) is 0.910. The molecule has 5 heteroatoms. The van der Waals surface area contributed by atoms with E-state index in [0.717, 1.165) is 11.1 Å². The Morgan fingerprint density at radius 1 is 1.20 bits per heavy atom. The number of carboxylic acids is 1. The highest BCUT2D eigenvalue weighted by molar-refractivity contribution is 7.17. The molecule has 4 nitrogen and oxygen atoms in total. The predicted octanol–water partition coefficient (Wildman–Crippen LogP) is 3.34. The van der Waals surface area contributed by atoms with Crippen LogP contribution in [-0.2, 0) is 9.59 Å². The summed E-state index contributed by atoms with van der Waals surface area (Å²) in [6, 6.07) is 7.85. The first-order valence-electron chi connectivity index (χ1n) is 6.64. The zero-order valence-corrected chi connectivity index (χ0v) is 11.7. The second kappa shape index (κ2) is 5.25. The van der Waals surface area contributed by atoms with Gasteiger partial charge in [0.05, 0.1) is 5.92 Å². The van der Waals surface area contributed by atoms with E-state index in [1.54, 1.807) is 11.3 Å². The Labute approximate surface area is 120 Å². The molecule has 1 heterocycles. The molecule has 2 aromatic rings.